The molecule has 0 spiro atoms. The molecule has 3 aromatic rings. The van der Waals surface area contributed by atoms with Crippen LogP contribution >= 0.6 is 0 Å². The van der Waals surface area contributed by atoms with Crippen molar-refractivity contribution in [3.63, 3.8) is 0 Å². The molecule has 0 aliphatic carbocycles. The van der Waals surface area contributed by atoms with Gasteiger partial charge in [-0.2, -0.15) is 20.2 Å². The van der Waals surface area contributed by atoms with Crippen LogP contribution in [-0.4, -0.2) is 59.7 Å². The number of piperidine rings is 1. The number of aromatic amines is 2. The first-order chi connectivity index (χ1) is 14.2. The molecular weight excluding hydrogens is 368 g/mol. The van der Waals surface area contributed by atoms with Crippen LogP contribution in [-0.2, 0) is 0 Å². The van der Waals surface area contributed by atoms with Crippen molar-refractivity contribution in [3.8, 4) is 6.07 Å². The molecule has 2 bridgehead atoms. The van der Waals surface area contributed by atoms with E-state index in [-0.39, 0.29) is 0 Å². The summed E-state index contributed by atoms with van der Waals surface area (Å²) in [6, 6.07) is 5.63. The highest BCUT2D eigenvalue weighted by molar-refractivity contribution is 5.89. The number of aryl methyl sites for hydroxylation is 1. The van der Waals surface area contributed by atoms with E-state index in [1.165, 1.54) is 12.8 Å². The lowest BCUT2D eigenvalue weighted by atomic mass is 9.97. The molecule has 2 aliphatic rings. The van der Waals surface area contributed by atoms with Crippen LogP contribution in [0.3, 0.4) is 0 Å². The van der Waals surface area contributed by atoms with Crippen molar-refractivity contribution in [2.45, 2.75) is 57.2 Å². The molecule has 3 aromatic heterocycles. The fraction of sp³-hybridized carbons (Fsp3) is 0.526. The monoisotopic (exact) mass is 392 g/mol. The van der Waals surface area contributed by atoms with E-state index in [1.54, 1.807) is 0 Å². The third-order valence-electron chi connectivity index (χ3n) is 5.94. The van der Waals surface area contributed by atoms with Crippen molar-refractivity contribution < 1.29 is 0 Å². The topological polar surface area (TPSA) is 134 Å². The van der Waals surface area contributed by atoms with Crippen LogP contribution < -0.4 is 10.6 Å². The van der Waals surface area contributed by atoms with Crippen LogP contribution in [0.5, 0.6) is 0 Å². The van der Waals surface area contributed by atoms with Crippen molar-refractivity contribution in [1.29, 1.82) is 5.26 Å². The summed E-state index contributed by atoms with van der Waals surface area (Å²) in [6.07, 6.45) is 6.98. The maximum Gasteiger partial charge on any atom is 0.247 e. The molecule has 0 unspecified atom stereocenters. The third-order valence-corrected chi connectivity index (χ3v) is 5.94. The molecule has 0 aromatic carbocycles. The van der Waals surface area contributed by atoms with Gasteiger partial charge in [0.1, 0.15) is 17.3 Å². The number of nitrogens with one attached hydrogen (secondary N) is 4. The Labute approximate surface area is 168 Å². The molecule has 2 saturated heterocycles. The van der Waals surface area contributed by atoms with E-state index >= 15 is 0 Å². The van der Waals surface area contributed by atoms with Gasteiger partial charge < -0.3 is 15.6 Å². The molecule has 10 heteroatoms. The highest BCUT2D eigenvalue weighted by Crippen LogP contribution is 2.36. The highest BCUT2D eigenvalue weighted by Gasteiger charge is 2.40. The van der Waals surface area contributed by atoms with Crippen molar-refractivity contribution in [1.82, 2.24) is 35.0 Å². The van der Waals surface area contributed by atoms with Gasteiger partial charge in [-0.3, -0.25) is 10.00 Å². The maximum absolute atomic E-state index is 8.91. The van der Waals surface area contributed by atoms with Gasteiger partial charge >= 0.3 is 0 Å². The first-order valence-electron chi connectivity index (χ1n) is 10.1. The Balaban J connectivity index is 1.34. The summed E-state index contributed by atoms with van der Waals surface area (Å²) in [5.74, 6) is 2.50. The zero-order chi connectivity index (χ0) is 19.8. The van der Waals surface area contributed by atoms with E-state index in [1.807, 2.05) is 19.2 Å². The molecule has 0 radical (unpaired) electrons. The van der Waals surface area contributed by atoms with Crippen LogP contribution in [0.15, 0.2) is 12.3 Å². The molecule has 29 heavy (non-hydrogen) atoms. The normalized spacial score (nSPS) is 23.9. The highest BCUT2D eigenvalue weighted by atomic mass is 15.3. The Morgan fingerprint density at radius 1 is 1.21 bits per heavy atom. The van der Waals surface area contributed by atoms with Gasteiger partial charge in [-0.1, -0.05) is 0 Å². The summed E-state index contributed by atoms with van der Waals surface area (Å²) < 4.78 is 0. The first-order valence-corrected chi connectivity index (χ1v) is 10.1. The summed E-state index contributed by atoms with van der Waals surface area (Å²) in [5, 5.41) is 23.5. The van der Waals surface area contributed by atoms with Crippen molar-refractivity contribution in [3.05, 3.63) is 18.1 Å². The standard InChI is InChI=1S/C19H24N10/c1-11-22-19(28-27-11)26-17-15-5-7-21-16(15)24-18(25-17)23-12-9-13-3-4-14(10-12)29(13)8-2-6-20/h5,7,12-14H,2-4,8-10H2,1H3,(H4,21,22,23,24,25,26,27,28)/t12-,13-,14+. The molecular formula is C19H24N10. The predicted octanol–water partition coefficient (Wildman–Crippen LogP) is 2.45. The van der Waals surface area contributed by atoms with E-state index in [4.69, 9.17) is 10.2 Å². The number of rotatable bonds is 6. The minimum atomic E-state index is 0.330. The second-order valence-corrected chi connectivity index (χ2v) is 7.85. The lowest BCUT2D eigenvalue weighted by molar-refractivity contribution is 0.135. The zero-order valence-corrected chi connectivity index (χ0v) is 16.3. The number of aromatic nitrogens is 6. The van der Waals surface area contributed by atoms with Crippen LogP contribution in [0.2, 0.25) is 0 Å². The van der Waals surface area contributed by atoms with Gasteiger partial charge in [-0.25, -0.2) is 0 Å². The van der Waals surface area contributed by atoms with Crippen LogP contribution in [0.25, 0.3) is 11.0 Å². The smallest absolute Gasteiger partial charge is 0.247 e. The summed E-state index contributed by atoms with van der Waals surface area (Å²) >= 11 is 0. The maximum atomic E-state index is 8.91. The Morgan fingerprint density at radius 2 is 2.03 bits per heavy atom. The second kappa shape index (κ2) is 7.33. The summed E-state index contributed by atoms with van der Waals surface area (Å²) in [4.78, 5) is 19.4. The zero-order valence-electron chi connectivity index (χ0n) is 16.3. The molecule has 10 nitrogen and oxygen atoms in total. The van der Waals surface area contributed by atoms with E-state index < -0.39 is 0 Å². The number of hydrogen-bond donors (Lipinski definition) is 4. The van der Waals surface area contributed by atoms with Gasteiger partial charge in [0.15, 0.2) is 0 Å². The van der Waals surface area contributed by atoms with Crippen LogP contribution in [0.1, 0.15) is 37.9 Å². The molecule has 150 valence electrons. The van der Waals surface area contributed by atoms with Crippen LogP contribution in [0, 0.1) is 18.3 Å². The number of nitriles is 1. The van der Waals surface area contributed by atoms with E-state index in [2.05, 4.69) is 46.8 Å². The van der Waals surface area contributed by atoms with Gasteiger partial charge in [-0.05, 0) is 38.7 Å². The van der Waals surface area contributed by atoms with Gasteiger partial charge in [0.2, 0.25) is 11.9 Å². The average molecular weight is 392 g/mol. The largest absolute Gasteiger partial charge is 0.351 e. The molecule has 0 saturated carbocycles. The predicted molar refractivity (Wildman–Crippen MR) is 109 cm³/mol. The quantitative estimate of drug-likeness (QED) is 0.502. The summed E-state index contributed by atoms with van der Waals surface area (Å²) in [5.41, 5.74) is 0.770. The molecule has 2 fully saturated rings. The van der Waals surface area contributed by atoms with Crippen molar-refractivity contribution >= 4 is 28.7 Å². The van der Waals surface area contributed by atoms with Gasteiger partial charge in [0.05, 0.1) is 11.5 Å². The van der Waals surface area contributed by atoms with Gasteiger partial charge in [0.25, 0.3) is 0 Å². The van der Waals surface area contributed by atoms with Gasteiger partial charge in [-0.15, -0.1) is 5.10 Å². The van der Waals surface area contributed by atoms with Gasteiger partial charge in [0, 0.05) is 37.3 Å². The lowest BCUT2D eigenvalue weighted by Gasteiger charge is -2.38. The summed E-state index contributed by atoms with van der Waals surface area (Å²) in [6.45, 7) is 2.74. The summed E-state index contributed by atoms with van der Waals surface area (Å²) in [7, 11) is 0. The van der Waals surface area contributed by atoms with Crippen molar-refractivity contribution in [2.24, 2.45) is 0 Å². The number of fused-ring (bicyclic) bond motifs is 3. The average Bonchev–Trinajstić information content (AvgIpc) is 3.39. The lowest BCUT2D eigenvalue weighted by Crippen LogP contribution is -2.47. The molecule has 4 N–H and O–H groups in total. The first kappa shape index (κ1) is 17.9. The second-order valence-electron chi connectivity index (χ2n) is 7.85. The number of anilines is 3. The van der Waals surface area contributed by atoms with E-state index in [0.29, 0.717) is 42.3 Å². The molecule has 3 atom stereocenters. The molecule has 5 rings (SSSR count). The fourth-order valence-corrected chi connectivity index (χ4v) is 4.72. The molecule has 2 aliphatic heterocycles. The SMILES string of the molecule is Cc1nc(Nc2nc(N[C@@H]3C[C@H]4CC[C@@H](C3)N4CCC#N)nc3[nH]ccc23)n[nH]1. The Kier molecular flexibility index (Phi) is 4.52. The fourth-order valence-electron chi connectivity index (χ4n) is 4.72. The molecule has 5 heterocycles. The minimum Gasteiger partial charge on any atom is -0.351 e. The van der Waals surface area contributed by atoms with Crippen LogP contribution in [0.4, 0.5) is 17.7 Å². The third kappa shape index (κ3) is 3.49. The van der Waals surface area contributed by atoms with Crippen molar-refractivity contribution in [2.75, 3.05) is 17.2 Å². The number of H-pyrrole nitrogens is 2. The van der Waals surface area contributed by atoms with E-state index in [0.717, 1.165) is 36.2 Å². The Bertz CT molecular complexity index is 1030. The number of nitrogens with zero attached hydrogens (tertiary/aromatic N) is 6. The molecule has 0 amide bonds. The Morgan fingerprint density at radius 3 is 2.76 bits per heavy atom. The Hall–Kier alpha value is -3.19. The van der Waals surface area contributed by atoms with E-state index in [9.17, 15) is 0 Å². The minimum absolute atomic E-state index is 0.330. The number of hydrogen-bond acceptors (Lipinski definition) is 8.